The van der Waals surface area contributed by atoms with Crippen molar-refractivity contribution in [2.45, 2.75) is 62.6 Å². The Morgan fingerprint density at radius 3 is 2.02 bits per heavy atom. The number of benzene rings is 3. The Morgan fingerprint density at radius 2 is 1.46 bits per heavy atom. The normalized spacial score (nSPS) is 17.3. The number of ether oxygens (including phenoxy) is 2. The topological polar surface area (TPSA) is 114 Å². The van der Waals surface area contributed by atoms with E-state index < -0.39 is 16.0 Å². The maximum Gasteiger partial charge on any atom is 0.362 e. The van der Waals surface area contributed by atoms with Crippen molar-refractivity contribution in [1.82, 2.24) is 19.7 Å². The van der Waals surface area contributed by atoms with E-state index in [-0.39, 0.29) is 48.2 Å². The molecule has 1 aliphatic rings. The molecule has 1 aromatic heterocycles. The molecule has 1 saturated carbocycles. The Kier molecular flexibility index (Phi) is 9.11. The molecule has 0 unspecified atom stereocenters. The van der Waals surface area contributed by atoms with Crippen molar-refractivity contribution >= 4 is 16.0 Å². The molecule has 214 valence electrons. The van der Waals surface area contributed by atoms with E-state index in [0.717, 1.165) is 42.4 Å². The van der Waals surface area contributed by atoms with Crippen LogP contribution in [0.25, 0.3) is 0 Å². The van der Waals surface area contributed by atoms with Gasteiger partial charge in [0, 0.05) is 13.1 Å². The van der Waals surface area contributed by atoms with Crippen LogP contribution in [-0.4, -0.2) is 46.8 Å². The smallest absolute Gasteiger partial charge is 0.362 e. The predicted octanol–water partition coefficient (Wildman–Crippen LogP) is 5.48. The Labute approximate surface area is 240 Å². The molecule has 5 rings (SSSR count). The van der Waals surface area contributed by atoms with E-state index >= 15 is 0 Å². The summed E-state index contributed by atoms with van der Waals surface area (Å²) in [4.78, 5) is 12.3. The number of carbonyl (C=O) groups excluding carboxylic acids is 1. The minimum Gasteiger partial charge on any atom is -0.472 e. The second-order valence-corrected chi connectivity index (χ2v) is 12.1. The third-order valence-electron chi connectivity index (χ3n) is 7.34. The summed E-state index contributed by atoms with van der Waals surface area (Å²) in [6.07, 6.45) is 3.21. The third kappa shape index (κ3) is 7.01. The Balaban J connectivity index is 1.24. The molecule has 0 atom stereocenters. The maximum absolute atomic E-state index is 13.8. The van der Waals surface area contributed by atoms with Crippen molar-refractivity contribution in [3.05, 3.63) is 107 Å². The lowest BCUT2D eigenvalue weighted by molar-refractivity contribution is 0.0508. The summed E-state index contributed by atoms with van der Waals surface area (Å²) in [5, 5.41) is 10.1. The molecular formula is C31H34N4O5S. The van der Waals surface area contributed by atoms with Crippen LogP contribution in [0.4, 0.5) is 0 Å². The fraction of sp³-hybridized carbons (Fsp3) is 0.323. The first-order valence-corrected chi connectivity index (χ1v) is 15.3. The van der Waals surface area contributed by atoms with Gasteiger partial charge >= 0.3 is 5.97 Å². The average molecular weight is 575 g/mol. The predicted molar refractivity (Wildman–Crippen MR) is 154 cm³/mol. The highest BCUT2D eigenvalue weighted by Crippen LogP contribution is 2.35. The number of hydrogen-bond donors (Lipinski definition) is 1. The molecule has 0 bridgehead atoms. The van der Waals surface area contributed by atoms with E-state index in [4.69, 9.17) is 9.47 Å². The maximum atomic E-state index is 13.8. The van der Waals surface area contributed by atoms with E-state index in [1.807, 2.05) is 72.8 Å². The Morgan fingerprint density at radius 1 is 0.878 bits per heavy atom. The van der Waals surface area contributed by atoms with Gasteiger partial charge in [-0.2, -0.15) is 4.31 Å². The molecule has 1 fully saturated rings. The first kappa shape index (κ1) is 28.5. The largest absolute Gasteiger partial charge is 0.472 e. The monoisotopic (exact) mass is 574 g/mol. The molecule has 1 heterocycles. The summed E-state index contributed by atoms with van der Waals surface area (Å²) in [5.41, 5.74) is 3.10. The molecule has 4 aromatic rings. The first-order valence-electron chi connectivity index (χ1n) is 13.9. The SMILES string of the molecule is CCOC(=O)c1[nH]nnc1OC1CCC(c2ccc(S(=O)(=O)N(Cc3ccccc3)Cc3ccccc3)cc2)CC1. The van der Waals surface area contributed by atoms with E-state index in [9.17, 15) is 13.2 Å². The summed E-state index contributed by atoms with van der Waals surface area (Å²) in [7, 11) is -3.74. The fourth-order valence-electron chi connectivity index (χ4n) is 5.17. The van der Waals surface area contributed by atoms with E-state index in [0.29, 0.717) is 0 Å². The zero-order chi connectivity index (χ0) is 28.7. The highest BCUT2D eigenvalue weighted by Gasteiger charge is 2.29. The van der Waals surface area contributed by atoms with Crippen LogP contribution in [0.15, 0.2) is 89.8 Å². The summed E-state index contributed by atoms with van der Waals surface area (Å²) in [6.45, 7) is 2.55. The Hall–Kier alpha value is -4.02. The number of esters is 1. The summed E-state index contributed by atoms with van der Waals surface area (Å²) < 4.78 is 40.1. The zero-order valence-electron chi connectivity index (χ0n) is 23.0. The molecule has 1 N–H and O–H groups in total. The van der Waals surface area contributed by atoms with Crippen LogP contribution in [0.2, 0.25) is 0 Å². The molecule has 0 radical (unpaired) electrons. The van der Waals surface area contributed by atoms with Gasteiger partial charge in [-0.1, -0.05) is 83.1 Å². The van der Waals surface area contributed by atoms with Gasteiger partial charge in [-0.25, -0.2) is 18.3 Å². The quantitative estimate of drug-likeness (QED) is 0.236. The highest BCUT2D eigenvalue weighted by atomic mass is 32.2. The highest BCUT2D eigenvalue weighted by molar-refractivity contribution is 7.89. The fourth-order valence-corrected chi connectivity index (χ4v) is 6.59. The average Bonchev–Trinajstić information content (AvgIpc) is 3.47. The number of H-pyrrole nitrogens is 1. The number of aromatic nitrogens is 3. The lowest BCUT2D eigenvalue weighted by atomic mass is 9.83. The summed E-state index contributed by atoms with van der Waals surface area (Å²) in [5.74, 6) is -0.0856. The number of sulfonamides is 1. The molecule has 0 spiro atoms. The molecule has 0 saturated heterocycles. The lowest BCUT2D eigenvalue weighted by Crippen LogP contribution is -2.30. The molecule has 3 aromatic carbocycles. The molecule has 0 amide bonds. The van der Waals surface area contributed by atoms with Crippen molar-refractivity contribution in [3.63, 3.8) is 0 Å². The second kappa shape index (κ2) is 13.1. The lowest BCUT2D eigenvalue weighted by Gasteiger charge is -2.29. The van der Waals surface area contributed by atoms with E-state index in [1.165, 1.54) is 4.31 Å². The van der Waals surface area contributed by atoms with Gasteiger partial charge in [0.2, 0.25) is 15.7 Å². The number of aromatic amines is 1. The van der Waals surface area contributed by atoms with Crippen molar-refractivity contribution in [2.75, 3.05) is 6.61 Å². The van der Waals surface area contributed by atoms with Crippen molar-refractivity contribution in [2.24, 2.45) is 0 Å². The van der Waals surface area contributed by atoms with Gasteiger partial charge in [0.25, 0.3) is 5.88 Å². The molecular weight excluding hydrogens is 540 g/mol. The van der Waals surface area contributed by atoms with E-state index in [2.05, 4.69) is 15.4 Å². The Bertz CT molecular complexity index is 1480. The van der Waals surface area contributed by atoms with Crippen molar-refractivity contribution in [3.8, 4) is 5.88 Å². The number of rotatable bonds is 11. The molecule has 41 heavy (non-hydrogen) atoms. The van der Waals surface area contributed by atoms with Gasteiger partial charge in [0.05, 0.1) is 11.5 Å². The molecule has 10 heteroatoms. The van der Waals surface area contributed by atoms with Gasteiger partial charge in [-0.3, -0.25) is 0 Å². The zero-order valence-corrected chi connectivity index (χ0v) is 23.8. The van der Waals surface area contributed by atoms with Gasteiger partial charge in [-0.05, 0) is 67.3 Å². The number of hydrogen-bond acceptors (Lipinski definition) is 7. The summed E-state index contributed by atoms with van der Waals surface area (Å²) >= 11 is 0. The number of nitrogens with zero attached hydrogens (tertiary/aromatic N) is 3. The van der Waals surface area contributed by atoms with E-state index in [1.54, 1.807) is 19.1 Å². The standard InChI is InChI=1S/C31H34N4O5S/c1-2-39-31(36)29-30(33-34-32-29)40-27-17-13-25(14-18-27)26-15-19-28(20-16-26)41(37,38)35(21-23-9-5-3-6-10-23)22-24-11-7-4-8-12-24/h3-12,15-16,19-20,25,27H,2,13-14,17-18,21-22H2,1H3,(H,32,33,34). The number of carbonyl (C=O) groups is 1. The molecule has 0 aliphatic heterocycles. The summed E-state index contributed by atoms with van der Waals surface area (Å²) in [6, 6.07) is 26.6. The van der Waals surface area contributed by atoms with Crippen molar-refractivity contribution < 1.29 is 22.7 Å². The minimum atomic E-state index is -3.74. The van der Waals surface area contributed by atoms with Crippen molar-refractivity contribution in [1.29, 1.82) is 0 Å². The number of nitrogens with one attached hydrogen (secondary N) is 1. The van der Waals surface area contributed by atoms with Crippen LogP contribution in [0, 0.1) is 0 Å². The minimum absolute atomic E-state index is 0.0892. The van der Waals surface area contributed by atoms with Crippen LogP contribution in [0.1, 0.15) is 65.7 Å². The van der Waals surface area contributed by atoms with Gasteiger partial charge in [-0.15, -0.1) is 0 Å². The van der Waals surface area contributed by atoms with Crippen LogP contribution in [0.3, 0.4) is 0 Å². The second-order valence-electron chi connectivity index (χ2n) is 10.1. The molecule has 9 nitrogen and oxygen atoms in total. The van der Waals surface area contributed by atoms with Crippen LogP contribution in [-0.2, 0) is 27.8 Å². The van der Waals surface area contributed by atoms with Gasteiger partial charge in [0.15, 0.2) is 0 Å². The van der Waals surface area contributed by atoms with Gasteiger partial charge < -0.3 is 9.47 Å². The third-order valence-corrected chi connectivity index (χ3v) is 9.15. The van der Waals surface area contributed by atoms with Gasteiger partial charge in [0.1, 0.15) is 6.10 Å². The molecule has 1 aliphatic carbocycles. The first-order chi connectivity index (χ1) is 19.9. The van der Waals surface area contributed by atoms with Crippen LogP contribution < -0.4 is 4.74 Å². The van der Waals surface area contributed by atoms with Crippen LogP contribution >= 0.6 is 0 Å². The van der Waals surface area contributed by atoms with Crippen LogP contribution in [0.5, 0.6) is 5.88 Å².